The first kappa shape index (κ1) is 8.32. The van der Waals surface area contributed by atoms with Crippen molar-refractivity contribution in [3.63, 3.8) is 0 Å². The van der Waals surface area contributed by atoms with Gasteiger partial charge in [0.15, 0.2) is 0 Å². The predicted octanol–water partition coefficient (Wildman–Crippen LogP) is 0.312. The Balaban J connectivity index is 0.000000490. The summed E-state index contributed by atoms with van der Waals surface area (Å²) in [5, 5.41) is 0. The van der Waals surface area contributed by atoms with Crippen LogP contribution in [-0.2, 0) is 21.1 Å². The molecule has 0 spiro atoms. The Morgan fingerprint density at radius 1 is 1.38 bits per heavy atom. The summed E-state index contributed by atoms with van der Waals surface area (Å²) in [4.78, 5) is 3.95. The average Bonchev–Trinajstić information content (AvgIpc) is 1.69. The molecular formula is C5H7AuNP. The fourth-order valence-corrected chi connectivity index (χ4v) is 0.699. The first-order valence-corrected chi connectivity index (χ1v) is 3.00. The Kier molecular flexibility index (Phi) is 4.39. The molecule has 0 aliphatic rings. The van der Waals surface area contributed by atoms with Crippen molar-refractivity contribution in [1.29, 1.82) is 0 Å². The zero-order valence-corrected chi connectivity index (χ0v) is 7.85. The molecule has 0 saturated carbocycles. The van der Waals surface area contributed by atoms with Crippen LogP contribution in [0, 0.1) is 0 Å². The van der Waals surface area contributed by atoms with Crippen LogP contribution in [0.4, 0.5) is 0 Å². The van der Waals surface area contributed by atoms with E-state index in [1.807, 2.05) is 18.2 Å². The Morgan fingerprint density at radius 2 is 2.12 bits per heavy atom. The summed E-state index contributed by atoms with van der Waals surface area (Å²) in [5.41, 5.74) is 0. The van der Waals surface area contributed by atoms with Crippen molar-refractivity contribution in [2.75, 3.05) is 0 Å². The number of hydrogen-bond acceptors (Lipinski definition) is 1. The van der Waals surface area contributed by atoms with E-state index in [1.54, 1.807) is 6.20 Å². The number of aromatic nitrogens is 1. The van der Waals surface area contributed by atoms with Gasteiger partial charge in [-0.05, 0) is 0 Å². The zero-order chi connectivity index (χ0) is 5.11. The van der Waals surface area contributed by atoms with Gasteiger partial charge in [-0.2, -0.15) is 9.90 Å². The molecule has 1 aromatic heterocycles. The van der Waals surface area contributed by atoms with Gasteiger partial charge in [-0.1, -0.05) is 0 Å². The number of hydrogen-bond donors (Lipinski definition) is 0. The average molecular weight is 309 g/mol. The Bertz CT molecular complexity index is 142. The summed E-state index contributed by atoms with van der Waals surface area (Å²) in [6.45, 7) is 0. The van der Waals surface area contributed by atoms with E-state index in [2.05, 4.69) is 26.1 Å². The molecule has 0 radical (unpaired) electrons. The zero-order valence-electron chi connectivity index (χ0n) is 4.27. The van der Waals surface area contributed by atoms with Gasteiger partial charge in [0.2, 0.25) is 0 Å². The van der Waals surface area contributed by atoms with E-state index in [-0.39, 0.29) is 9.90 Å². The molecule has 0 amide bonds. The third-order valence-electron chi connectivity index (χ3n) is 0.606. The molecule has 1 unspecified atom stereocenters. The van der Waals surface area contributed by atoms with Gasteiger partial charge in [0.25, 0.3) is 0 Å². The minimum absolute atomic E-state index is 0. The summed E-state index contributed by atoms with van der Waals surface area (Å²) < 4.78 is 1.02. The standard InChI is InChI=1S/C5H4N.Au.H3P/c1-2-4-6-5-3-1;;/h1-4H;;1H3. The monoisotopic (exact) mass is 309 g/mol. The van der Waals surface area contributed by atoms with Crippen LogP contribution in [0.1, 0.15) is 0 Å². The molecule has 1 rings (SSSR count). The van der Waals surface area contributed by atoms with E-state index in [0.29, 0.717) is 0 Å². The third-order valence-corrected chi connectivity index (χ3v) is 1.25. The fourth-order valence-electron chi connectivity index (χ4n) is 0.329. The normalized spacial score (nSPS) is 7.75. The summed E-state index contributed by atoms with van der Waals surface area (Å²) in [6, 6.07) is 5.81. The SMILES string of the molecule is P.[Au][c]1ccccn1. The topological polar surface area (TPSA) is 12.9 Å². The molecular weight excluding hydrogens is 302 g/mol. The number of rotatable bonds is 0. The van der Waals surface area contributed by atoms with Crippen molar-refractivity contribution < 1.29 is 21.1 Å². The molecule has 8 heavy (non-hydrogen) atoms. The van der Waals surface area contributed by atoms with Crippen LogP contribution < -0.4 is 3.91 Å². The molecule has 0 saturated heterocycles. The molecule has 1 nitrogen and oxygen atoms in total. The van der Waals surface area contributed by atoms with Gasteiger partial charge < -0.3 is 0 Å². The molecule has 1 atom stereocenters. The van der Waals surface area contributed by atoms with Gasteiger partial charge in [0, 0.05) is 0 Å². The van der Waals surface area contributed by atoms with Crippen LogP contribution in [0.5, 0.6) is 0 Å². The van der Waals surface area contributed by atoms with Gasteiger partial charge >= 0.3 is 54.4 Å². The Labute approximate surface area is 64.4 Å². The molecule has 1 aromatic rings. The number of nitrogens with zero attached hydrogens (tertiary/aromatic N) is 1. The summed E-state index contributed by atoms with van der Waals surface area (Å²) in [7, 11) is 0. The Morgan fingerprint density at radius 3 is 2.38 bits per heavy atom. The van der Waals surface area contributed by atoms with Crippen molar-refractivity contribution in [3.05, 3.63) is 24.4 Å². The van der Waals surface area contributed by atoms with Crippen molar-refractivity contribution in [2.45, 2.75) is 0 Å². The second-order valence-electron chi connectivity index (χ2n) is 1.11. The third kappa shape index (κ3) is 2.58. The van der Waals surface area contributed by atoms with Gasteiger partial charge in [0.05, 0.1) is 0 Å². The summed E-state index contributed by atoms with van der Waals surface area (Å²) in [6.07, 6.45) is 1.77. The van der Waals surface area contributed by atoms with Crippen molar-refractivity contribution in [2.24, 2.45) is 0 Å². The minimum atomic E-state index is 0. The number of pyridine rings is 1. The van der Waals surface area contributed by atoms with Crippen molar-refractivity contribution in [1.82, 2.24) is 4.98 Å². The van der Waals surface area contributed by atoms with Crippen LogP contribution in [0.25, 0.3) is 0 Å². The van der Waals surface area contributed by atoms with E-state index < -0.39 is 0 Å². The molecule has 0 bridgehead atoms. The van der Waals surface area contributed by atoms with E-state index in [9.17, 15) is 0 Å². The van der Waals surface area contributed by atoms with E-state index >= 15 is 0 Å². The van der Waals surface area contributed by atoms with Crippen LogP contribution in [0.3, 0.4) is 0 Å². The second-order valence-corrected chi connectivity index (χ2v) is 2.22. The van der Waals surface area contributed by atoms with Gasteiger partial charge in [0.1, 0.15) is 0 Å². The molecule has 0 N–H and O–H groups in total. The molecule has 0 aromatic carbocycles. The summed E-state index contributed by atoms with van der Waals surface area (Å²) >= 11 is 2.34. The molecule has 0 fully saturated rings. The van der Waals surface area contributed by atoms with Crippen LogP contribution in [0.2, 0.25) is 0 Å². The van der Waals surface area contributed by atoms with Gasteiger partial charge in [-0.3, -0.25) is 0 Å². The molecule has 1 heterocycles. The molecule has 0 aliphatic heterocycles. The quantitative estimate of drug-likeness (QED) is 0.497. The Hall–Kier alpha value is 0.320. The molecule has 0 aliphatic carbocycles. The molecule has 48 valence electrons. The molecule has 3 heteroatoms. The van der Waals surface area contributed by atoms with Crippen LogP contribution in [0.15, 0.2) is 24.4 Å². The van der Waals surface area contributed by atoms with Crippen LogP contribution in [-0.4, -0.2) is 4.98 Å². The van der Waals surface area contributed by atoms with Crippen molar-refractivity contribution in [3.8, 4) is 0 Å². The first-order chi connectivity index (χ1) is 3.39. The maximum absolute atomic E-state index is 3.95. The van der Waals surface area contributed by atoms with Gasteiger partial charge in [-0.15, -0.1) is 0 Å². The first-order valence-electron chi connectivity index (χ1n) is 1.92. The van der Waals surface area contributed by atoms with Crippen molar-refractivity contribution >= 4 is 13.8 Å². The fraction of sp³-hybridized carbons (Fsp3) is 0. The predicted molar refractivity (Wildman–Crippen MR) is 35.0 cm³/mol. The maximum atomic E-state index is 3.95. The second kappa shape index (κ2) is 4.22. The van der Waals surface area contributed by atoms with E-state index in [4.69, 9.17) is 0 Å². The van der Waals surface area contributed by atoms with E-state index in [0.717, 1.165) is 3.91 Å². The summed E-state index contributed by atoms with van der Waals surface area (Å²) in [5.74, 6) is 0. The van der Waals surface area contributed by atoms with Gasteiger partial charge in [-0.25, -0.2) is 0 Å². The van der Waals surface area contributed by atoms with Crippen LogP contribution >= 0.6 is 9.90 Å². The van der Waals surface area contributed by atoms with E-state index in [1.165, 1.54) is 0 Å².